The van der Waals surface area contributed by atoms with Crippen LogP contribution < -0.4 is 15.8 Å². The van der Waals surface area contributed by atoms with Crippen LogP contribution in [0.15, 0.2) is 30.6 Å². The maximum absolute atomic E-state index is 5.73. The number of fused-ring (bicyclic) bond motifs is 1. The minimum atomic E-state index is 0.321. The van der Waals surface area contributed by atoms with Crippen LogP contribution in [0.2, 0.25) is 0 Å². The lowest BCUT2D eigenvalue weighted by molar-refractivity contribution is 0.416. The molecule has 3 rings (SSSR count). The average Bonchev–Trinajstić information content (AvgIpc) is 2.82. The third-order valence-electron chi connectivity index (χ3n) is 2.96. The Morgan fingerprint density at radius 1 is 1.30 bits per heavy atom. The van der Waals surface area contributed by atoms with Crippen LogP contribution in [0.25, 0.3) is 5.65 Å². The number of nitrogens with zero attached hydrogens (tertiary/aromatic N) is 4. The van der Waals surface area contributed by atoms with Crippen LogP contribution in [0.4, 0.5) is 17.5 Å². The van der Waals surface area contributed by atoms with Gasteiger partial charge >= 0.3 is 0 Å². The number of methoxy groups -OCH3 is 1. The summed E-state index contributed by atoms with van der Waals surface area (Å²) in [5.74, 6) is 1.62. The van der Waals surface area contributed by atoms with Crippen molar-refractivity contribution in [1.82, 2.24) is 19.6 Å². The van der Waals surface area contributed by atoms with Gasteiger partial charge in [0.1, 0.15) is 5.75 Å². The average molecular weight is 270 g/mol. The van der Waals surface area contributed by atoms with Crippen molar-refractivity contribution >= 4 is 23.1 Å². The summed E-state index contributed by atoms with van der Waals surface area (Å²) in [7, 11) is 1.62. The van der Waals surface area contributed by atoms with Crippen LogP contribution in [0.1, 0.15) is 5.56 Å². The molecule has 3 N–H and O–H groups in total. The van der Waals surface area contributed by atoms with E-state index in [4.69, 9.17) is 10.5 Å². The highest BCUT2D eigenvalue weighted by Crippen LogP contribution is 2.29. The van der Waals surface area contributed by atoms with Gasteiger partial charge in [-0.05, 0) is 24.6 Å². The number of hydrogen-bond acceptors (Lipinski definition) is 6. The molecule has 0 saturated heterocycles. The molecule has 0 aliphatic rings. The number of benzene rings is 1. The third kappa shape index (κ3) is 1.99. The van der Waals surface area contributed by atoms with Crippen molar-refractivity contribution in [3.8, 4) is 5.75 Å². The fourth-order valence-electron chi connectivity index (χ4n) is 1.98. The zero-order valence-electron chi connectivity index (χ0n) is 11.2. The normalized spacial score (nSPS) is 10.7. The minimum Gasteiger partial charge on any atom is -0.495 e. The van der Waals surface area contributed by atoms with Gasteiger partial charge in [0, 0.05) is 12.4 Å². The topological polar surface area (TPSA) is 90.4 Å². The third-order valence-corrected chi connectivity index (χ3v) is 2.96. The lowest BCUT2D eigenvalue weighted by Crippen LogP contribution is -2.01. The van der Waals surface area contributed by atoms with E-state index in [1.165, 1.54) is 0 Å². The van der Waals surface area contributed by atoms with Gasteiger partial charge in [-0.2, -0.15) is 0 Å². The number of nitrogens with one attached hydrogen (secondary N) is 1. The predicted molar refractivity (Wildman–Crippen MR) is 76.2 cm³/mol. The largest absolute Gasteiger partial charge is 0.495 e. The van der Waals surface area contributed by atoms with E-state index in [1.54, 1.807) is 23.9 Å². The molecule has 0 aliphatic carbocycles. The second kappa shape index (κ2) is 4.69. The number of nitrogen functional groups attached to an aromatic ring is 1. The molecule has 0 spiro atoms. The van der Waals surface area contributed by atoms with E-state index in [0.29, 0.717) is 17.4 Å². The first-order chi connectivity index (χ1) is 9.69. The molecule has 0 bridgehead atoms. The smallest absolute Gasteiger partial charge is 0.226 e. The van der Waals surface area contributed by atoms with Crippen LogP contribution in [-0.2, 0) is 0 Å². The van der Waals surface area contributed by atoms with Crippen LogP contribution in [0.5, 0.6) is 5.75 Å². The molecule has 2 heterocycles. The van der Waals surface area contributed by atoms with Crippen molar-refractivity contribution in [3.05, 3.63) is 36.2 Å². The molecule has 1 aromatic carbocycles. The Labute approximate surface area is 115 Å². The van der Waals surface area contributed by atoms with E-state index in [9.17, 15) is 0 Å². The molecule has 3 aromatic rings. The molecule has 0 saturated carbocycles. The van der Waals surface area contributed by atoms with E-state index in [0.717, 1.165) is 17.0 Å². The molecule has 0 fully saturated rings. The van der Waals surface area contributed by atoms with Gasteiger partial charge in [0.05, 0.1) is 12.8 Å². The quantitative estimate of drug-likeness (QED) is 0.753. The van der Waals surface area contributed by atoms with Gasteiger partial charge in [0.15, 0.2) is 5.82 Å². The Bertz CT molecular complexity index is 767. The molecule has 20 heavy (non-hydrogen) atoms. The van der Waals surface area contributed by atoms with Gasteiger partial charge in [-0.3, -0.25) is 4.40 Å². The summed E-state index contributed by atoms with van der Waals surface area (Å²) in [6, 6.07) is 5.85. The summed E-state index contributed by atoms with van der Waals surface area (Å²) >= 11 is 0. The second-order valence-electron chi connectivity index (χ2n) is 4.36. The number of rotatable bonds is 3. The van der Waals surface area contributed by atoms with Crippen molar-refractivity contribution in [1.29, 1.82) is 0 Å². The van der Waals surface area contributed by atoms with Crippen LogP contribution in [0.3, 0.4) is 0 Å². The lowest BCUT2D eigenvalue weighted by atomic mass is 10.2. The van der Waals surface area contributed by atoms with Gasteiger partial charge in [-0.15, -0.1) is 10.2 Å². The number of anilines is 3. The van der Waals surface area contributed by atoms with Gasteiger partial charge < -0.3 is 15.8 Å². The van der Waals surface area contributed by atoms with Crippen LogP contribution >= 0.6 is 0 Å². The zero-order valence-corrected chi connectivity index (χ0v) is 11.2. The number of aromatic nitrogens is 4. The monoisotopic (exact) mass is 270 g/mol. The molecule has 0 atom stereocenters. The first kappa shape index (κ1) is 12.2. The van der Waals surface area contributed by atoms with Crippen molar-refractivity contribution in [2.45, 2.75) is 6.92 Å². The van der Waals surface area contributed by atoms with Crippen LogP contribution in [0, 0.1) is 6.92 Å². The molecule has 102 valence electrons. The second-order valence-corrected chi connectivity index (χ2v) is 4.36. The number of aryl methyl sites for hydroxylation is 1. The number of ether oxygens (including phenoxy) is 1. The first-order valence-corrected chi connectivity index (χ1v) is 6.06. The maximum Gasteiger partial charge on any atom is 0.226 e. The fourth-order valence-corrected chi connectivity index (χ4v) is 1.98. The summed E-state index contributed by atoms with van der Waals surface area (Å²) in [5, 5.41) is 11.1. The molecule has 7 heteroatoms. The van der Waals surface area contributed by atoms with Gasteiger partial charge in [0.25, 0.3) is 0 Å². The summed E-state index contributed by atoms with van der Waals surface area (Å²) in [4.78, 5) is 4.28. The SMILES string of the molecule is COc1ccc(C)cc1Nc1nccn2c(N)nnc12. The van der Waals surface area contributed by atoms with Crippen molar-refractivity contribution in [2.75, 3.05) is 18.2 Å². The Morgan fingerprint density at radius 3 is 2.95 bits per heavy atom. The van der Waals surface area contributed by atoms with E-state index >= 15 is 0 Å². The summed E-state index contributed by atoms with van der Waals surface area (Å²) in [6.07, 6.45) is 3.35. The maximum atomic E-state index is 5.73. The predicted octanol–water partition coefficient (Wildman–Crippen LogP) is 1.77. The summed E-state index contributed by atoms with van der Waals surface area (Å²) in [5.41, 5.74) is 8.22. The Morgan fingerprint density at radius 2 is 2.15 bits per heavy atom. The van der Waals surface area contributed by atoms with Crippen molar-refractivity contribution in [2.24, 2.45) is 0 Å². The highest BCUT2D eigenvalue weighted by molar-refractivity contribution is 5.73. The van der Waals surface area contributed by atoms with Crippen molar-refractivity contribution < 1.29 is 4.74 Å². The molecule has 0 amide bonds. The number of nitrogens with two attached hydrogens (primary N) is 1. The first-order valence-electron chi connectivity index (χ1n) is 6.06. The standard InChI is InChI=1S/C13H14N6O/c1-8-3-4-10(20-2)9(7-8)16-11-12-17-18-13(14)19(12)6-5-15-11/h3-7H,1-2H3,(H2,14,18)(H,15,16). The fraction of sp³-hybridized carbons (Fsp3) is 0.154. The van der Waals surface area contributed by atoms with Gasteiger partial charge in [-0.25, -0.2) is 4.98 Å². The summed E-state index contributed by atoms with van der Waals surface area (Å²) in [6.45, 7) is 2.01. The highest BCUT2D eigenvalue weighted by atomic mass is 16.5. The lowest BCUT2D eigenvalue weighted by Gasteiger charge is -2.11. The van der Waals surface area contributed by atoms with Gasteiger partial charge in [-0.1, -0.05) is 6.07 Å². The molecule has 7 nitrogen and oxygen atoms in total. The number of hydrogen-bond donors (Lipinski definition) is 2. The van der Waals surface area contributed by atoms with E-state index < -0.39 is 0 Å². The van der Waals surface area contributed by atoms with E-state index in [-0.39, 0.29) is 0 Å². The highest BCUT2D eigenvalue weighted by Gasteiger charge is 2.10. The summed E-state index contributed by atoms with van der Waals surface area (Å²) < 4.78 is 7.00. The minimum absolute atomic E-state index is 0.321. The molecule has 0 aliphatic heterocycles. The molecule has 0 radical (unpaired) electrons. The van der Waals surface area contributed by atoms with E-state index in [2.05, 4.69) is 20.5 Å². The Balaban J connectivity index is 2.07. The molecule has 0 unspecified atom stereocenters. The van der Waals surface area contributed by atoms with Gasteiger partial charge in [0.2, 0.25) is 11.6 Å². The molecule has 2 aromatic heterocycles. The Kier molecular flexibility index (Phi) is 2.86. The molecular weight excluding hydrogens is 256 g/mol. The van der Waals surface area contributed by atoms with Crippen LogP contribution in [-0.4, -0.2) is 26.7 Å². The zero-order chi connectivity index (χ0) is 14.1. The Hall–Kier alpha value is -2.83. The van der Waals surface area contributed by atoms with Crippen molar-refractivity contribution in [3.63, 3.8) is 0 Å². The molecular formula is C13H14N6O. The van der Waals surface area contributed by atoms with E-state index in [1.807, 2.05) is 25.1 Å².